The molecule has 0 aliphatic heterocycles. The van der Waals surface area contributed by atoms with Gasteiger partial charge in [0.15, 0.2) is 0 Å². The predicted molar refractivity (Wildman–Crippen MR) is 87.2 cm³/mol. The second-order valence-corrected chi connectivity index (χ2v) is 5.39. The van der Waals surface area contributed by atoms with Gasteiger partial charge in [0.25, 0.3) is 0 Å². The molecule has 0 aliphatic carbocycles. The average Bonchev–Trinajstić information content (AvgIpc) is 2.45. The minimum atomic E-state index is 0.293. The maximum Gasteiger partial charge on any atom is 0.121 e. The lowest BCUT2D eigenvalue weighted by Gasteiger charge is -2.12. The molecule has 0 unspecified atom stereocenters. The number of ether oxygens (including phenoxy) is 2. The number of benzene rings is 1. The van der Waals surface area contributed by atoms with Gasteiger partial charge < -0.3 is 14.8 Å². The zero-order valence-electron chi connectivity index (χ0n) is 13.3. The summed E-state index contributed by atoms with van der Waals surface area (Å²) < 4.78 is 10.8. The number of fused-ring (bicyclic) bond motifs is 1. The number of hydrogen-bond acceptors (Lipinski definition) is 4. The van der Waals surface area contributed by atoms with Gasteiger partial charge in [-0.05, 0) is 45.4 Å². The maximum atomic E-state index is 5.55. The summed E-state index contributed by atoms with van der Waals surface area (Å²) in [5, 5.41) is 4.60. The Labute approximate surface area is 126 Å². The fraction of sp³-hybridized carbons (Fsp3) is 0.471. The molecule has 21 heavy (non-hydrogen) atoms. The van der Waals surface area contributed by atoms with Crippen LogP contribution >= 0.6 is 0 Å². The molecule has 1 aromatic heterocycles. The van der Waals surface area contributed by atoms with Crippen LogP contribution in [0.1, 0.15) is 26.0 Å². The fourth-order valence-electron chi connectivity index (χ4n) is 2.23. The molecule has 0 radical (unpaired) electrons. The SMILES string of the molecule is COc1ccc2c(NCCCOC(C)C)cc(C)nc2c1. The molecule has 0 bridgehead atoms. The Morgan fingerprint density at radius 2 is 2.05 bits per heavy atom. The van der Waals surface area contributed by atoms with Crippen LogP contribution in [-0.4, -0.2) is 31.3 Å². The van der Waals surface area contributed by atoms with Crippen LogP contribution in [0.25, 0.3) is 10.9 Å². The van der Waals surface area contributed by atoms with E-state index in [0.29, 0.717) is 6.10 Å². The quantitative estimate of drug-likeness (QED) is 0.787. The number of nitrogens with one attached hydrogen (secondary N) is 1. The van der Waals surface area contributed by atoms with Crippen molar-refractivity contribution in [2.45, 2.75) is 33.3 Å². The van der Waals surface area contributed by atoms with Crippen LogP contribution in [0.3, 0.4) is 0 Å². The number of anilines is 1. The molecule has 114 valence electrons. The zero-order valence-corrected chi connectivity index (χ0v) is 13.3. The highest BCUT2D eigenvalue weighted by Gasteiger charge is 2.05. The number of rotatable bonds is 7. The zero-order chi connectivity index (χ0) is 15.2. The first-order chi connectivity index (χ1) is 10.1. The van der Waals surface area contributed by atoms with Crippen LogP contribution in [0.2, 0.25) is 0 Å². The second kappa shape index (κ2) is 7.27. The van der Waals surface area contributed by atoms with Crippen LogP contribution < -0.4 is 10.1 Å². The standard InChI is InChI=1S/C17H24N2O2/c1-12(2)21-9-5-8-18-16-10-13(3)19-17-11-14(20-4)6-7-15(16)17/h6-7,10-12H,5,8-9H2,1-4H3,(H,18,19). The molecule has 0 amide bonds. The van der Waals surface area contributed by atoms with Gasteiger partial charge in [-0.2, -0.15) is 0 Å². The van der Waals surface area contributed by atoms with Gasteiger partial charge in [0.05, 0.1) is 18.7 Å². The Bertz CT molecular complexity index is 597. The van der Waals surface area contributed by atoms with Crippen LogP contribution in [0, 0.1) is 6.92 Å². The van der Waals surface area contributed by atoms with Crippen LogP contribution in [0.15, 0.2) is 24.3 Å². The third kappa shape index (κ3) is 4.33. The van der Waals surface area contributed by atoms with E-state index < -0.39 is 0 Å². The van der Waals surface area contributed by atoms with E-state index in [9.17, 15) is 0 Å². The second-order valence-electron chi connectivity index (χ2n) is 5.39. The molecule has 0 fully saturated rings. The van der Waals surface area contributed by atoms with E-state index in [1.165, 1.54) is 0 Å². The molecule has 2 rings (SSSR count). The molecular weight excluding hydrogens is 264 g/mol. The van der Waals surface area contributed by atoms with E-state index in [-0.39, 0.29) is 0 Å². The summed E-state index contributed by atoms with van der Waals surface area (Å²) in [5.74, 6) is 0.830. The lowest BCUT2D eigenvalue weighted by Crippen LogP contribution is -2.09. The molecule has 0 atom stereocenters. The number of nitrogens with zero attached hydrogens (tertiary/aromatic N) is 1. The third-order valence-corrected chi connectivity index (χ3v) is 3.23. The lowest BCUT2D eigenvalue weighted by molar-refractivity contribution is 0.0787. The Morgan fingerprint density at radius 1 is 1.24 bits per heavy atom. The highest BCUT2D eigenvalue weighted by atomic mass is 16.5. The minimum Gasteiger partial charge on any atom is -0.497 e. The molecule has 1 N–H and O–H groups in total. The van der Waals surface area contributed by atoms with Crippen molar-refractivity contribution in [3.63, 3.8) is 0 Å². The molecule has 1 heterocycles. The number of aromatic nitrogens is 1. The Morgan fingerprint density at radius 3 is 2.76 bits per heavy atom. The molecule has 0 saturated heterocycles. The summed E-state index contributed by atoms with van der Waals surface area (Å²) in [7, 11) is 1.67. The molecule has 2 aromatic rings. The smallest absolute Gasteiger partial charge is 0.121 e. The van der Waals surface area contributed by atoms with Gasteiger partial charge in [0.1, 0.15) is 5.75 Å². The first-order valence-electron chi connectivity index (χ1n) is 7.41. The normalized spacial score (nSPS) is 11.1. The van der Waals surface area contributed by atoms with E-state index >= 15 is 0 Å². The van der Waals surface area contributed by atoms with Crippen molar-refractivity contribution in [3.05, 3.63) is 30.0 Å². The number of hydrogen-bond donors (Lipinski definition) is 1. The summed E-state index contributed by atoms with van der Waals surface area (Å²) in [5.41, 5.74) is 3.07. The first kappa shape index (κ1) is 15.6. The number of methoxy groups -OCH3 is 1. The highest BCUT2D eigenvalue weighted by Crippen LogP contribution is 2.26. The summed E-state index contributed by atoms with van der Waals surface area (Å²) in [6.45, 7) is 7.78. The molecule has 4 nitrogen and oxygen atoms in total. The minimum absolute atomic E-state index is 0.293. The summed E-state index contributed by atoms with van der Waals surface area (Å²) in [6, 6.07) is 8.06. The van der Waals surface area contributed by atoms with Gasteiger partial charge in [0.2, 0.25) is 0 Å². The maximum absolute atomic E-state index is 5.55. The van der Waals surface area contributed by atoms with Crippen LogP contribution in [0.5, 0.6) is 5.75 Å². The number of aryl methyl sites for hydroxylation is 1. The lowest BCUT2D eigenvalue weighted by atomic mass is 10.1. The topological polar surface area (TPSA) is 43.4 Å². The van der Waals surface area contributed by atoms with Crippen molar-refractivity contribution in [2.75, 3.05) is 25.6 Å². The van der Waals surface area contributed by atoms with Gasteiger partial charge in [0, 0.05) is 36.0 Å². The molecular formula is C17H24N2O2. The van der Waals surface area contributed by atoms with Crippen LogP contribution in [-0.2, 0) is 4.74 Å². The van der Waals surface area contributed by atoms with Gasteiger partial charge >= 0.3 is 0 Å². The molecule has 1 aromatic carbocycles. The van der Waals surface area contributed by atoms with E-state index in [4.69, 9.17) is 9.47 Å². The van der Waals surface area contributed by atoms with Gasteiger partial charge in [-0.15, -0.1) is 0 Å². The Kier molecular flexibility index (Phi) is 5.39. The van der Waals surface area contributed by atoms with Crippen molar-refractivity contribution in [1.29, 1.82) is 0 Å². The van der Waals surface area contributed by atoms with Crippen molar-refractivity contribution in [2.24, 2.45) is 0 Å². The monoisotopic (exact) mass is 288 g/mol. The van der Waals surface area contributed by atoms with Crippen molar-refractivity contribution in [3.8, 4) is 5.75 Å². The van der Waals surface area contributed by atoms with Gasteiger partial charge in [-0.3, -0.25) is 4.98 Å². The molecule has 4 heteroatoms. The fourth-order valence-corrected chi connectivity index (χ4v) is 2.23. The molecule has 0 spiro atoms. The first-order valence-corrected chi connectivity index (χ1v) is 7.41. The third-order valence-electron chi connectivity index (χ3n) is 3.23. The van der Waals surface area contributed by atoms with E-state index in [2.05, 4.69) is 30.2 Å². The van der Waals surface area contributed by atoms with Crippen molar-refractivity contribution < 1.29 is 9.47 Å². The van der Waals surface area contributed by atoms with Gasteiger partial charge in [-0.1, -0.05) is 0 Å². The van der Waals surface area contributed by atoms with Gasteiger partial charge in [-0.25, -0.2) is 0 Å². The van der Waals surface area contributed by atoms with E-state index in [0.717, 1.165) is 47.6 Å². The predicted octanol–water partition coefficient (Wildman–Crippen LogP) is 3.78. The van der Waals surface area contributed by atoms with Crippen LogP contribution in [0.4, 0.5) is 5.69 Å². The van der Waals surface area contributed by atoms with E-state index in [1.807, 2.05) is 25.1 Å². The average molecular weight is 288 g/mol. The summed E-state index contributed by atoms with van der Waals surface area (Å²) in [4.78, 5) is 4.57. The molecule has 0 aliphatic rings. The number of pyridine rings is 1. The largest absolute Gasteiger partial charge is 0.497 e. The molecule has 0 saturated carbocycles. The Hall–Kier alpha value is -1.81. The van der Waals surface area contributed by atoms with E-state index in [1.54, 1.807) is 7.11 Å². The highest BCUT2D eigenvalue weighted by molar-refractivity contribution is 5.92. The summed E-state index contributed by atoms with van der Waals surface area (Å²) in [6.07, 6.45) is 1.28. The van der Waals surface area contributed by atoms with Crippen molar-refractivity contribution >= 4 is 16.6 Å². The Balaban J connectivity index is 2.08. The summed E-state index contributed by atoms with van der Waals surface area (Å²) >= 11 is 0. The van der Waals surface area contributed by atoms with Crippen molar-refractivity contribution in [1.82, 2.24) is 4.98 Å².